The van der Waals surface area contributed by atoms with E-state index in [0.29, 0.717) is 0 Å². The van der Waals surface area contributed by atoms with E-state index in [1.165, 1.54) is 6.92 Å². The number of esters is 1. The van der Waals surface area contributed by atoms with E-state index < -0.39 is 24.3 Å². The molecule has 0 spiro atoms. The van der Waals surface area contributed by atoms with Crippen LogP contribution in [0.2, 0.25) is 0 Å². The number of hydrogen-bond acceptors (Lipinski definition) is 4. The molecule has 0 aromatic heterocycles. The Kier molecular flexibility index (Phi) is 4.86. The van der Waals surface area contributed by atoms with Crippen molar-refractivity contribution in [1.82, 2.24) is 0 Å². The molecular formula is C7H12F3NO3. The molecule has 0 saturated carbocycles. The fraction of sp³-hybridized carbons (Fsp3) is 0.857. The molecule has 0 fully saturated rings. The molecule has 0 aliphatic carbocycles. The van der Waals surface area contributed by atoms with Gasteiger partial charge in [0.25, 0.3) is 0 Å². The number of halogens is 3. The van der Waals surface area contributed by atoms with Crippen molar-refractivity contribution in [3.8, 4) is 0 Å². The highest BCUT2D eigenvalue weighted by molar-refractivity contribution is 5.75. The molecule has 0 amide bonds. The summed E-state index contributed by atoms with van der Waals surface area (Å²) in [5, 5.41) is 0. The van der Waals surface area contributed by atoms with Crippen LogP contribution in [0.5, 0.6) is 0 Å². The monoisotopic (exact) mass is 215 g/mol. The van der Waals surface area contributed by atoms with Crippen LogP contribution in [0.1, 0.15) is 6.92 Å². The molecule has 84 valence electrons. The van der Waals surface area contributed by atoms with Crippen molar-refractivity contribution >= 4 is 5.97 Å². The Bertz CT molecular complexity index is 195. The van der Waals surface area contributed by atoms with Gasteiger partial charge in [0.1, 0.15) is 6.04 Å². The Morgan fingerprint density at radius 2 is 2.00 bits per heavy atom. The van der Waals surface area contributed by atoms with Gasteiger partial charge in [0.2, 0.25) is 0 Å². The number of carbonyl (C=O) groups excluding carboxylic acids is 1. The SMILES string of the molecule is CCOC(=O)[C@H](OC)[C@@H](N)C(F)(F)F. The van der Waals surface area contributed by atoms with Gasteiger partial charge in [0.15, 0.2) is 6.10 Å². The first-order valence-corrected chi connectivity index (χ1v) is 3.86. The van der Waals surface area contributed by atoms with E-state index in [9.17, 15) is 18.0 Å². The number of hydrogen-bond donors (Lipinski definition) is 1. The minimum atomic E-state index is -4.69. The zero-order valence-corrected chi connectivity index (χ0v) is 7.80. The summed E-state index contributed by atoms with van der Waals surface area (Å²) in [6.45, 7) is 1.45. The molecule has 0 aromatic rings. The van der Waals surface area contributed by atoms with Crippen molar-refractivity contribution in [3.05, 3.63) is 0 Å². The molecule has 0 rings (SSSR count). The predicted octanol–water partition coefficient (Wildman–Crippen LogP) is 0.454. The third kappa shape index (κ3) is 3.51. The second-order valence-electron chi connectivity index (χ2n) is 2.48. The number of alkyl halides is 3. The lowest BCUT2D eigenvalue weighted by atomic mass is 10.1. The number of methoxy groups -OCH3 is 1. The van der Waals surface area contributed by atoms with Crippen LogP contribution in [0.3, 0.4) is 0 Å². The zero-order valence-electron chi connectivity index (χ0n) is 7.80. The number of rotatable bonds is 4. The lowest BCUT2D eigenvalue weighted by molar-refractivity contribution is -0.189. The Morgan fingerprint density at radius 3 is 2.29 bits per heavy atom. The van der Waals surface area contributed by atoms with E-state index in [1.807, 2.05) is 0 Å². The van der Waals surface area contributed by atoms with Gasteiger partial charge >= 0.3 is 12.1 Å². The second-order valence-corrected chi connectivity index (χ2v) is 2.48. The van der Waals surface area contributed by atoms with Crippen molar-refractivity contribution in [2.75, 3.05) is 13.7 Å². The molecule has 0 heterocycles. The molecule has 0 bridgehead atoms. The summed E-state index contributed by atoms with van der Waals surface area (Å²) in [5.74, 6) is -1.11. The minimum Gasteiger partial charge on any atom is -0.464 e. The van der Waals surface area contributed by atoms with Gasteiger partial charge in [-0.2, -0.15) is 13.2 Å². The molecule has 0 aromatic carbocycles. The van der Waals surface area contributed by atoms with Crippen LogP contribution in [-0.4, -0.2) is 38.0 Å². The van der Waals surface area contributed by atoms with Crippen molar-refractivity contribution < 1.29 is 27.4 Å². The quantitative estimate of drug-likeness (QED) is 0.692. The van der Waals surface area contributed by atoms with Crippen LogP contribution in [0.4, 0.5) is 13.2 Å². The largest absolute Gasteiger partial charge is 0.464 e. The van der Waals surface area contributed by atoms with E-state index in [4.69, 9.17) is 5.73 Å². The smallest absolute Gasteiger partial charge is 0.406 e. The molecule has 0 aliphatic heterocycles. The van der Waals surface area contributed by atoms with Crippen molar-refractivity contribution in [2.45, 2.75) is 25.2 Å². The number of carbonyl (C=O) groups is 1. The van der Waals surface area contributed by atoms with E-state index in [-0.39, 0.29) is 6.61 Å². The highest BCUT2D eigenvalue weighted by atomic mass is 19.4. The van der Waals surface area contributed by atoms with Crippen LogP contribution in [-0.2, 0) is 14.3 Å². The van der Waals surface area contributed by atoms with Crippen LogP contribution in [0.25, 0.3) is 0 Å². The lowest BCUT2D eigenvalue weighted by Crippen LogP contribution is -2.52. The molecule has 14 heavy (non-hydrogen) atoms. The van der Waals surface area contributed by atoms with Gasteiger partial charge in [0, 0.05) is 7.11 Å². The molecule has 2 N–H and O–H groups in total. The standard InChI is InChI=1S/C7H12F3NO3/c1-3-14-6(12)4(13-2)5(11)7(8,9)10/h4-5H,3,11H2,1-2H3/t4-,5-/m1/s1. The summed E-state index contributed by atoms with van der Waals surface area (Å²) in [7, 11) is 0.965. The van der Waals surface area contributed by atoms with E-state index >= 15 is 0 Å². The molecule has 0 unspecified atom stereocenters. The van der Waals surface area contributed by atoms with E-state index in [1.54, 1.807) is 0 Å². The van der Waals surface area contributed by atoms with Crippen molar-refractivity contribution in [2.24, 2.45) is 5.73 Å². The first-order chi connectivity index (χ1) is 6.34. The lowest BCUT2D eigenvalue weighted by Gasteiger charge is -2.22. The van der Waals surface area contributed by atoms with Crippen LogP contribution >= 0.6 is 0 Å². The minimum absolute atomic E-state index is 0.0245. The van der Waals surface area contributed by atoms with Gasteiger partial charge in [0.05, 0.1) is 6.61 Å². The summed E-state index contributed by atoms with van der Waals surface area (Å²) < 4.78 is 44.9. The van der Waals surface area contributed by atoms with Crippen LogP contribution in [0.15, 0.2) is 0 Å². The number of ether oxygens (including phenoxy) is 2. The topological polar surface area (TPSA) is 61.5 Å². The molecule has 2 atom stereocenters. The maximum atomic E-state index is 12.1. The summed E-state index contributed by atoms with van der Waals surface area (Å²) in [6.07, 6.45) is -6.50. The van der Waals surface area contributed by atoms with Gasteiger partial charge in [-0.25, -0.2) is 4.79 Å². The summed E-state index contributed by atoms with van der Waals surface area (Å²) in [5.41, 5.74) is 4.79. The van der Waals surface area contributed by atoms with E-state index in [0.717, 1.165) is 7.11 Å². The first kappa shape index (κ1) is 13.2. The normalized spacial score (nSPS) is 16.1. The molecule has 7 heteroatoms. The summed E-state index contributed by atoms with van der Waals surface area (Å²) in [4.78, 5) is 10.9. The molecular weight excluding hydrogens is 203 g/mol. The highest BCUT2D eigenvalue weighted by Crippen LogP contribution is 2.22. The van der Waals surface area contributed by atoms with Crippen LogP contribution in [0, 0.1) is 0 Å². The highest BCUT2D eigenvalue weighted by Gasteiger charge is 2.46. The average molecular weight is 215 g/mol. The summed E-state index contributed by atoms with van der Waals surface area (Å²) >= 11 is 0. The first-order valence-electron chi connectivity index (χ1n) is 3.86. The summed E-state index contributed by atoms with van der Waals surface area (Å²) in [6, 6.07) is -2.37. The molecule has 0 saturated heterocycles. The van der Waals surface area contributed by atoms with Gasteiger partial charge in [-0.05, 0) is 6.92 Å². The molecule has 4 nitrogen and oxygen atoms in total. The Balaban J connectivity index is 4.48. The Labute approximate surface area is 79.2 Å². The fourth-order valence-corrected chi connectivity index (χ4v) is 0.785. The third-order valence-corrected chi connectivity index (χ3v) is 1.48. The van der Waals surface area contributed by atoms with Crippen LogP contribution < -0.4 is 5.73 Å². The van der Waals surface area contributed by atoms with Gasteiger partial charge < -0.3 is 15.2 Å². The zero-order chi connectivity index (χ0) is 11.4. The average Bonchev–Trinajstić information content (AvgIpc) is 2.04. The maximum Gasteiger partial charge on any atom is 0.406 e. The van der Waals surface area contributed by atoms with Gasteiger partial charge in [-0.15, -0.1) is 0 Å². The second kappa shape index (κ2) is 5.16. The Morgan fingerprint density at radius 1 is 1.50 bits per heavy atom. The fourth-order valence-electron chi connectivity index (χ4n) is 0.785. The van der Waals surface area contributed by atoms with Gasteiger partial charge in [-0.3, -0.25) is 0 Å². The van der Waals surface area contributed by atoms with E-state index in [2.05, 4.69) is 9.47 Å². The van der Waals surface area contributed by atoms with Gasteiger partial charge in [-0.1, -0.05) is 0 Å². The third-order valence-electron chi connectivity index (χ3n) is 1.48. The maximum absolute atomic E-state index is 12.1. The molecule has 0 aliphatic rings. The number of nitrogens with two attached hydrogens (primary N) is 1. The molecule has 0 radical (unpaired) electrons. The predicted molar refractivity (Wildman–Crippen MR) is 41.5 cm³/mol. The van der Waals surface area contributed by atoms with Crippen molar-refractivity contribution in [3.63, 3.8) is 0 Å². The Hall–Kier alpha value is -0.820. The van der Waals surface area contributed by atoms with Crippen molar-refractivity contribution in [1.29, 1.82) is 0 Å².